The van der Waals surface area contributed by atoms with E-state index in [4.69, 9.17) is 0 Å². The quantitative estimate of drug-likeness (QED) is 0.724. The van der Waals surface area contributed by atoms with Crippen LogP contribution >= 0.6 is 0 Å². The Bertz CT molecular complexity index is 181. The Balaban J connectivity index is 1.83. The van der Waals surface area contributed by atoms with E-state index in [0.717, 1.165) is 25.9 Å². The highest BCUT2D eigenvalue weighted by molar-refractivity contribution is 4.87. The Kier molecular flexibility index (Phi) is 3.13. The zero-order valence-corrected chi connectivity index (χ0v) is 9.26. The summed E-state index contributed by atoms with van der Waals surface area (Å²) in [7, 11) is 0. The summed E-state index contributed by atoms with van der Waals surface area (Å²) >= 11 is 0. The minimum absolute atomic E-state index is 0.0619. The molecule has 82 valence electrons. The second-order valence-corrected chi connectivity index (χ2v) is 5.54. The average Bonchev–Trinajstić information content (AvgIpc) is 2.74. The Labute approximate surface area is 87.1 Å². The SMILES string of the molecule is CC1(CC(O)C2CCNC2)CCCC1. The number of hydrogen-bond donors (Lipinski definition) is 2. The summed E-state index contributed by atoms with van der Waals surface area (Å²) in [4.78, 5) is 0. The van der Waals surface area contributed by atoms with Gasteiger partial charge in [-0.2, -0.15) is 0 Å². The summed E-state index contributed by atoms with van der Waals surface area (Å²) in [6, 6.07) is 0. The third-order valence-electron chi connectivity index (χ3n) is 4.16. The predicted octanol–water partition coefficient (Wildman–Crippen LogP) is 1.93. The fourth-order valence-corrected chi connectivity index (χ4v) is 3.11. The van der Waals surface area contributed by atoms with E-state index < -0.39 is 0 Å². The maximum atomic E-state index is 10.1. The van der Waals surface area contributed by atoms with Crippen LogP contribution in [0.4, 0.5) is 0 Å². The van der Waals surface area contributed by atoms with Gasteiger partial charge in [0.25, 0.3) is 0 Å². The van der Waals surface area contributed by atoms with Crippen molar-refractivity contribution >= 4 is 0 Å². The van der Waals surface area contributed by atoms with Crippen molar-refractivity contribution in [2.45, 2.75) is 51.6 Å². The van der Waals surface area contributed by atoms with E-state index in [2.05, 4.69) is 12.2 Å². The third-order valence-corrected chi connectivity index (χ3v) is 4.16. The van der Waals surface area contributed by atoms with Gasteiger partial charge in [-0.25, -0.2) is 0 Å². The van der Waals surface area contributed by atoms with Crippen molar-refractivity contribution in [1.29, 1.82) is 0 Å². The van der Waals surface area contributed by atoms with Crippen LogP contribution < -0.4 is 5.32 Å². The molecule has 0 aromatic heterocycles. The van der Waals surface area contributed by atoms with Crippen LogP contribution in [0, 0.1) is 11.3 Å². The maximum Gasteiger partial charge on any atom is 0.0586 e. The molecule has 14 heavy (non-hydrogen) atoms. The molecule has 1 saturated heterocycles. The second kappa shape index (κ2) is 4.19. The summed E-state index contributed by atoms with van der Waals surface area (Å²) in [5.41, 5.74) is 0.446. The predicted molar refractivity (Wildman–Crippen MR) is 58.2 cm³/mol. The number of hydrogen-bond acceptors (Lipinski definition) is 2. The molecule has 1 saturated carbocycles. The summed E-state index contributed by atoms with van der Waals surface area (Å²) in [6.45, 7) is 4.47. The smallest absolute Gasteiger partial charge is 0.0586 e. The fraction of sp³-hybridized carbons (Fsp3) is 1.00. The van der Waals surface area contributed by atoms with Gasteiger partial charge < -0.3 is 10.4 Å². The molecule has 0 spiro atoms. The number of aliphatic hydroxyl groups excluding tert-OH is 1. The lowest BCUT2D eigenvalue weighted by Gasteiger charge is -2.29. The Morgan fingerprint density at radius 2 is 2.14 bits per heavy atom. The zero-order chi connectivity index (χ0) is 10.0. The van der Waals surface area contributed by atoms with Crippen molar-refractivity contribution in [2.24, 2.45) is 11.3 Å². The molecule has 2 rings (SSSR count). The first-order chi connectivity index (χ1) is 6.70. The van der Waals surface area contributed by atoms with Crippen molar-refractivity contribution in [3.8, 4) is 0 Å². The Morgan fingerprint density at radius 1 is 1.43 bits per heavy atom. The largest absolute Gasteiger partial charge is 0.393 e. The lowest BCUT2D eigenvalue weighted by atomic mass is 9.79. The van der Waals surface area contributed by atoms with E-state index in [1.807, 2.05) is 0 Å². The van der Waals surface area contributed by atoms with Gasteiger partial charge in [0.05, 0.1) is 6.10 Å². The van der Waals surface area contributed by atoms with Gasteiger partial charge in [-0.05, 0) is 43.6 Å². The molecule has 0 bridgehead atoms. The molecule has 1 aliphatic carbocycles. The lowest BCUT2D eigenvalue weighted by Crippen LogP contribution is -2.28. The normalized spacial score (nSPS) is 33.4. The highest BCUT2D eigenvalue weighted by Crippen LogP contribution is 2.42. The maximum absolute atomic E-state index is 10.1. The highest BCUT2D eigenvalue weighted by atomic mass is 16.3. The minimum Gasteiger partial charge on any atom is -0.393 e. The first-order valence-electron chi connectivity index (χ1n) is 6.08. The van der Waals surface area contributed by atoms with Crippen LogP contribution in [0.5, 0.6) is 0 Å². The minimum atomic E-state index is -0.0619. The van der Waals surface area contributed by atoms with Gasteiger partial charge in [-0.3, -0.25) is 0 Å². The van der Waals surface area contributed by atoms with E-state index in [1.54, 1.807) is 0 Å². The summed E-state index contributed by atoms with van der Waals surface area (Å²) in [5.74, 6) is 0.521. The monoisotopic (exact) mass is 197 g/mol. The van der Waals surface area contributed by atoms with E-state index >= 15 is 0 Å². The third kappa shape index (κ3) is 2.29. The number of rotatable bonds is 3. The standard InChI is InChI=1S/C12H23NO/c1-12(5-2-3-6-12)8-11(14)10-4-7-13-9-10/h10-11,13-14H,2-9H2,1H3. The van der Waals surface area contributed by atoms with Crippen LogP contribution in [0.3, 0.4) is 0 Å². The molecule has 1 heterocycles. The van der Waals surface area contributed by atoms with Crippen LogP contribution in [0.2, 0.25) is 0 Å². The van der Waals surface area contributed by atoms with Gasteiger partial charge in [0.2, 0.25) is 0 Å². The van der Waals surface area contributed by atoms with E-state index in [-0.39, 0.29) is 6.10 Å². The molecular weight excluding hydrogens is 174 g/mol. The summed E-state index contributed by atoms with van der Waals surface area (Å²) < 4.78 is 0. The van der Waals surface area contributed by atoms with E-state index in [1.165, 1.54) is 25.7 Å². The summed E-state index contributed by atoms with van der Waals surface area (Å²) in [6.07, 6.45) is 7.51. The fourth-order valence-electron chi connectivity index (χ4n) is 3.11. The van der Waals surface area contributed by atoms with Crippen LogP contribution in [0.15, 0.2) is 0 Å². The molecule has 2 aliphatic rings. The van der Waals surface area contributed by atoms with Gasteiger partial charge in [0, 0.05) is 6.54 Å². The van der Waals surface area contributed by atoms with Gasteiger partial charge in [-0.1, -0.05) is 19.8 Å². The molecule has 2 fully saturated rings. The van der Waals surface area contributed by atoms with Crippen LogP contribution in [0.25, 0.3) is 0 Å². The molecule has 2 N–H and O–H groups in total. The van der Waals surface area contributed by atoms with Crippen molar-refractivity contribution in [2.75, 3.05) is 13.1 Å². The van der Waals surface area contributed by atoms with Gasteiger partial charge in [0.15, 0.2) is 0 Å². The van der Waals surface area contributed by atoms with Crippen LogP contribution in [-0.4, -0.2) is 24.3 Å². The molecule has 0 aromatic rings. The van der Waals surface area contributed by atoms with Gasteiger partial charge in [-0.15, -0.1) is 0 Å². The molecular formula is C12H23NO. The topological polar surface area (TPSA) is 32.3 Å². The molecule has 2 heteroatoms. The highest BCUT2D eigenvalue weighted by Gasteiger charge is 2.34. The average molecular weight is 197 g/mol. The molecule has 2 nitrogen and oxygen atoms in total. The van der Waals surface area contributed by atoms with E-state index in [9.17, 15) is 5.11 Å². The van der Waals surface area contributed by atoms with Crippen molar-refractivity contribution in [3.05, 3.63) is 0 Å². The first kappa shape index (κ1) is 10.4. The second-order valence-electron chi connectivity index (χ2n) is 5.54. The molecule has 2 unspecified atom stereocenters. The van der Waals surface area contributed by atoms with Gasteiger partial charge >= 0.3 is 0 Å². The zero-order valence-electron chi connectivity index (χ0n) is 9.26. The lowest BCUT2D eigenvalue weighted by molar-refractivity contribution is 0.0642. The van der Waals surface area contributed by atoms with Gasteiger partial charge in [0.1, 0.15) is 0 Å². The van der Waals surface area contributed by atoms with Crippen molar-refractivity contribution in [3.63, 3.8) is 0 Å². The van der Waals surface area contributed by atoms with E-state index in [0.29, 0.717) is 11.3 Å². The Hall–Kier alpha value is -0.0800. The van der Waals surface area contributed by atoms with Crippen LogP contribution in [0.1, 0.15) is 45.4 Å². The first-order valence-corrected chi connectivity index (χ1v) is 6.08. The van der Waals surface area contributed by atoms with Crippen LogP contribution in [-0.2, 0) is 0 Å². The molecule has 2 atom stereocenters. The molecule has 0 amide bonds. The number of aliphatic hydroxyl groups is 1. The summed E-state index contributed by atoms with van der Waals surface area (Å²) in [5, 5.41) is 13.5. The van der Waals surface area contributed by atoms with Crippen molar-refractivity contribution < 1.29 is 5.11 Å². The molecule has 1 aliphatic heterocycles. The van der Waals surface area contributed by atoms with Crippen molar-refractivity contribution in [1.82, 2.24) is 5.32 Å². The Morgan fingerprint density at radius 3 is 2.71 bits per heavy atom. The number of nitrogens with one attached hydrogen (secondary N) is 1. The molecule has 0 aromatic carbocycles. The molecule has 0 radical (unpaired) electrons.